The van der Waals surface area contributed by atoms with Crippen LogP contribution >= 0.6 is 0 Å². The Bertz CT molecular complexity index is 563. The van der Waals surface area contributed by atoms with E-state index < -0.39 is 0 Å². The summed E-state index contributed by atoms with van der Waals surface area (Å²) in [4.78, 5) is 11.1. The summed E-state index contributed by atoms with van der Waals surface area (Å²) in [6.07, 6.45) is 3.70. The van der Waals surface area contributed by atoms with Gasteiger partial charge in [-0.3, -0.25) is 4.79 Å². The lowest BCUT2D eigenvalue weighted by molar-refractivity contribution is -0.104. The zero-order chi connectivity index (χ0) is 15.1. The van der Waals surface area contributed by atoms with Crippen LogP contribution in [0.1, 0.15) is 18.4 Å². The Morgan fingerprint density at radius 2 is 2.19 bits per heavy atom. The van der Waals surface area contributed by atoms with Crippen molar-refractivity contribution in [2.24, 2.45) is 0 Å². The molecule has 0 radical (unpaired) electrons. The number of rotatable bonds is 4. The molecule has 1 aliphatic heterocycles. The molecule has 1 aliphatic rings. The molecule has 1 aromatic carbocycles. The summed E-state index contributed by atoms with van der Waals surface area (Å²) >= 11 is 0. The smallest absolute Gasteiger partial charge is 0.158 e. The highest BCUT2D eigenvalue weighted by molar-refractivity contribution is 5.87. The fourth-order valence-electron chi connectivity index (χ4n) is 2.09. The van der Waals surface area contributed by atoms with E-state index in [1.807, 2.05) is 24.3 Å². The Morgan fingerprint density at radius 3 is 2.76 bits per heavy atom. The predicted molar refractivity (Wildman–Crippen MR) is 79.8 cm³/mol. The molecule has 0 bridgehead atoms. The number of methoxy groups -OCH3 is 1. The number of hydrogen-bond acceptors (Lipinski definition) is 4. The predicted octanol–water partition coefficient (Wildman–Crippen LogP) is 1.82. The summed E-state index contributed by atoms with van der Waals surface area (Å²) in [6.45, 7) is 0.0143. The first-order valence-electron chi connectivity index (χ1n) is 6.84. The van der Waals surface area contributed by atoms with Gasteiger partial charge in [0.15, 0.2) is 6.29 Å². The standard InChI is InChI=1S/C17H18O4/c1-20-15-5-2-13(3-6-15)10-14(11-18)4-7-16-8-9-17(12-19)21-16/h2-3,5-6,10-11,16-17,19H,8-9,12H2,1H3/t16?,17-/m0/s1. The molecule has 1 aromatic rings. The van der Waals surface area contributed by atoms with E-state index in [9.17, 15) is 4.79 Å². The van der Waals surface area contributed by atoms with Crippen LogP contribution in [0.15, 0.2) is 29.8 Å². The number of carbonyl (C=O) groups is 1. The molecule has 21 heavy (non-hydrogen) atoms. The second kappa shape index (κ2) is 7.63. The van der Waals surface area contributed by atoms with Gasteiger partial charge in [-0.05, 0) is 36.6 Å². The van der Waals surface area contributed by atoms with Gasteiger partial charge in [0.25, 0.3) is 0 Å². The Kier molecular flexibility index (Phi) is 5.56. The van der Waals surface area contributed by atoms with Gasteiger partial charge < -0.3 is 14.6 Å². The van der Waals surface area contributed by atoms with Crippen molar-refractivity contribution in [2.45, 2.75) is 25.0 Å². The zero-order valence-corrected chi connectivity index (χ0v) is 11.9. The number of aliphatic hydroxyl groups excluding tert-OH is 1. The number of hydrogen-bond donors (Lipinski definition) is 1. The van der Waals surface area contributed by atoms with Crippen LogP contribution in [0.5, 0.6) is 5.75 Å². The maximum atomic E-state index is 11.1. The second-order valence-electron chi connectivity index (χ2n) is 4.77. The minimum absolute atomic E-state index is 0.0143. The van der Waals surface area contributed by atoms with Crippen LogP contribution in [-0.4, -0.2) is 37.3 Å². The first-order chi connectivity index (χ1) is 10.2. The average molecular weight is 286 g/mol. The van der Waals surface area contributed by atoms with Gasteiger partial charge in [0.2, 0.25) is 0 Å². The first kappa shape index (κ1) is 15.3. The highest BCUT2D eigenvalue weighted by atomic mass is 16.5. The number of allylic oxidation sites excluding steroid dienone is 1. The van der Waals surface area contributed by atoms with Crippen molar-refractivity contribution in [1.82, 2.24) is 0 Å². The number of aliphatic hydroxyl groups is 1. The summed E-state index contributed by atoms with van der Waals surface area (Å²) in [5.41, 5.74) is 1.28. The van der Waals surface area contributed by atoms with E-state index in [-0.39, 0.29) is 18.8 Å². The van der Waals surface area contributed by atoms with Crippen molar-refractivity contribution in [3.63, 3.8) is 0 Å². The molecule has 1 heterocycles. The molecular weight excluding hydrogens is 268 g/mol. The summed E-state index contributed by atoms with van der Waals surface area (Å²) in [5, 5.41) is 8.99. The molecule has 0 saturated carbocycles. The topological polar surface area (TPSA) is 55.8 Å². The van der Waals surface area contributed by atoms with Gasteiger partial charge in [-0.2, -0.15) is 0 Å². The fourth-order valence-corrected chi connectivity index (χ4v) is 2.09. The molecule has 110 valence electrons. The summed E-state index contributed by atoms with van der Waals surface area (Å²) in [6, 6.07) is 7.37. The van der Waals surface area contributed by atoms with Crippen molar-refractivity contribution < 1.29 is 19.4 Å². The molecule has 0 spiro atoms. The third-order valence-electron chi connectivity index (χ3n) is 3.25. The minimum Gasteiger partial charge on any atom is -0.497 e. The van der Waals surface area contributed by atoms with Crippen molar-refractivity contribution in [3.8, 4) is 17.6 Å². The third kappa shape index (κ3) is 4.45. The van der Waals surface area contributed by atoms with E-state index in [1.165, 1.54) is 0 Å². The summed E-state index contributed by atoms with van der Waals surface area (Å²) in [7, 11) is 1.61. The maximum Gasteiger partial charge on any atom is 0.158 e. The lowest BCUT2D eigenvalue weighted by atomic mass is 10.1. The molecule has 4 nitrogen and oxygen atoms in total. The molecule has 1 fully saturated rings. The normalized spacial score (nSPS) is 21.5. The van der Waals surface area contributed by atoms with E-state index in [2.05, 4.69) is 11.8 Å². The molecule has 2 rings (SSSR count). The van der Waals surface area contributed by atoms with Gasteiger partial charge in [0.1, 0.15) is 11.9 Å². The first-order valence-corrected chi connectivity index (χ1v) is 6.84. The third-order valence-corrected chi connectivity index (χ3v) is 3.25. The number of benzene rings is 1. The lowest BCUT2D eigenvalue weighted by Gasteiger charge is -2.05. The van der Waals surface area contributed by atoms with Gasteiger partial charge in [-0.15, -0.1) is 0 Å². The molecule has 2 atom stereocenters. The SMILES string of the molecule is COc1ccc(C=C(C#CC2CC[C@@H](CO)O2)C=O)cc1. The molecule has 1 saturated heterocycles. The highest BCUT2D eigenvalue weighted by Crippen LogP contribution is 2.18. The quantitative estimate of drug-likeness (QED) is 0.521. The van der Waals surface area contributed by atoms with Gasteiger partial charge in [0.05, 0.1) is 25.4 Å². The molecule has 4 heteroatoms. The van der Waals surface area contributed by atoms with Crippen LogP contribution < -0.4 is 4.74 Å². The van der Waals surface area contributed by atoms with Gasteiger partial charge in [-0.25, -0.2) is 0 Å². The van der Waals surface area contributed by atoms with Crippen molar-refractivity contribution in [1.29, 1.82) is 0 Å². The molecular formula is C17H18O4. The largest absolute Gasteiger partial charge is 0.497 e. The van der Waals surface area contributed by atoms with Gasteiger partial charge >= 0.3 is 0 Å². The molecule has 0 amide bonds. The van der Waals surface area contributed by atoms with E-state index in [4.69, 9.17) is 14.6 Å². The summed E-state index contributed by atoms with van der Waals surface area (Å²) in [5.74, 6) is 6.53. The van der Waals surface area contributed by atoms with Crippen LogP contribution in [0.3, 0.4) is 0 Å². The van der Waals surface area contributed by atoms with Crippen LogP contribution in [0.2, 0.25) is 0 Å². The van der Waals surface area contributed by atoms with Crippen LogP contribution in [-0.2, 0) is 9.53 Å². The van der Waals surface area contributed by atoms with Crippen molar-refractivity contribution in [2.75, 3.05) is 13.7 Å². The Labute approximate surface area is 124 Å². The Morgan fingerprint density at radius 1 is 1.43 bits per heavy atom. The van der Waals surface area contributed by atoms with Gasteiger partial charge in [-0.1, -0.05) is 24.0 Å². The van der Waals surface area contributed by atoms with E-state index in [0.29, 0.717) is 5.57 Å². The van der Waals surface area contributed by atoms with Crippen LogP contribution in [0, 0.1) is 11.8 Å². The van der Waals surface area contributed by atoms with Crippen molar-refractivity contribution >= 4 is 12.4 Å². The lowest BCUT2D eigenvalue weighted by Crippen LogP contribution is -2.13. The number of aldehydes is 1. The average Bonchev–Trinajstić information content (AvgIpc) is 3.00. The number of carbonyl (C=O) groups excluding carboxylic acids is 1. The maximum absolute atomic E-state index is 11.1. The fraction of sp³-hybridized carbons (Fsp3) is 0.353. The second-order valence-corrected chi connectivity index (χ2v) is 4.77. The Hall–Kier alpha value is -2.09. The zero-order valence-electron chi connectivity index (χ0n) is 11.9. The Balaban J connectivity index is 2.05. The van der Waals surface area contributed by atoms with E-state index in [1.54, 1.807) is 13.2 Å². The van der Waals surface area contributed by atoms with Crippen LogP contribution in [0.4, 0.5) is 0 Å². The molecule has 1 N–H and O–H groups in total. The summed E-state index contributed by atoms with van der Waals surface area (Å²) < 4.78 is 10.6. The van der Waals surface area contributed by atoms with Gasteiger partial charge in [0, 0.05) is 0 Å². The van der Waals surface area contributed by atoms with Crippen molar-refractivity contribution in [3.05, 3.63) is 35.4 Å². The molecule has 0 aliphatic carbocycles. The van der Waals surface area contributed by atoms with E-state index in [0.717, 1.165) is 30.4 Å². The van der Waals surface area contributed by atoms with Crippen LogP contribution in [0.25, 0.3) is 6.08 Å². The number of ether oxygens (including phenoxy) is 2. The molecule has 0 aromatic heterocycles. The minimum atomic E-state index is -0.207. The van der Waals surface area contributed by atoms with E-state index >= 15 is 0 Å². The molecule has 1 unspecified atom stereocenters. The monoisotopic (exact) mass is 286 g/mol. The highest BCUT2D eigenvalue weighted by Gasteiger charge is 2.22.